The van der Waals surface area contributed by atoms with E-state index in [4.69, 9.17) is 22.4 Å². The molecule has 0 saturated carbocycles. The Hall–Kier alpha value is -2.03. The molecule has 2 rings (SSSR count). The number of oxime groups is 1. The van der Waals surface area contributed by atoms with E-state index in [0.717, 1.165) is 0 Å². The number of nitrogen functional groups attached to an aromatic ring is 1. The Morgan fingerprint density at radius 3 is 2.52 bits per heavy atom. The third-order valence-corrected chi connectivity index (χ3v) is 2.65. The number of carboxylic acid groups (broad SMARTS) is 1. The fraction of sp³-hybridized carbons (Fsp3) is 0.364. The Morgan fingerprint density at radius 1 is 1.52 bits per heavy atom. The van der Waals surface area contributed by atoms with Crippen LogP contribution in [0.2, 0.25) is 5.02 Å². The molecule has 0 aromatic carbocycles. The summed E-state index contributed by atoms with van der Waals surface area (Å²) in [5, 5.41) is 11.4. The number of hydrogen-bond donors (Lipinski definition) is 2. The van der Waals surface area contributed by atoms with Gasteiger partial charge < -0.3 is 15.7 Å². The summed E-state index contributed by atoms with van der Waals surface area (Å²) in [4.78, 5) is 18.4. The quantitative estimate of drug-likeness (QED) is 0.827. The van der Waals surface area contributed by atoms with Crippen molar-refractivity contribution in [3.63, 3.8) is 0 Å². The zero-order chi connectivity index (χ0) is 16.2. The summed E-state index contributed by atoms with van der Waals surface area (Å²) < 4.78 is 34.6. The summed E-state index contributed by atoms with van der Waals surface area (Å²) in [5.41, 5.74) is 5.18. The van der Waals surface area contributed by atoms with E-state index in [0.29, 0.717) is 5.69 Å². The molecule has 3 N–H and O–H groups in total. The highest BCUT2D eigenvalue weighted by Crippen LogP contribution is 2.23. The number of halogens is 4. The zero-order valence-electron chi connectivity index (χ0n) is 10.7. The van der Waals surface area contributed by atoms with E-state index in [-0.39, 0.29) is 29.4 Å². The molecule has 1 aliphatic heterocycles. The number of rotatable bonds is 1. The molecule has 0 aliphatic carbocycles. The van der Waals surface area contributed by atoms with Crippen LogP contribution in [0.3, 0.4) is 0 Å². The summed E-state index contributed by atoms with van der Waals surface area (Å²) >= 11 is 5.59. The maximum absolute atomic E-state index is 11.5. The molecule has 0 amide bonds. The Bertz CT molecular complexity index is 576. The molecule has 0 bridgehead atoms. The van der Waals surface area contributed by atoms with Crippen LogP contribution in [0.25, 0.3) is 0 Å². The summed E-state index contributed by atoms with van der Waals surface area (Å²) in [6.07, 6.45) is -4.42. The van der Waals surface area contributed by atoms with Crippen LogP contribution in [0.4, 0.5) is 18.9 Å². The van der Waals surface area contributed by atoms with Crippen molar-refractivity contribution >= 4 is 29.0 Å². The topological polar surface area (TPSA) is 97.8 Å². The molecule has 10 heteroatoms. The van der Waals surface area contributed by atoms with Gasteiger partial charge in [-0.15, -0.1) is 0 Å². The molecule has 1 aliphatic rings. The van der Waals surface area contributed by atoms with Crippen molar-refractivity contribution < 1.29 is 27.9 Å². The van der Waals surface area contributed by atoms with Gasteiger partial charge in [0.05, 0.1) is 10.7 Å². The Morgan fingerprint density at radius 2 is 2.14 bits per heavy atom. The second kappa shape index (κ2) is 6.61. The van der Waals surface area contributed by atoms with Crippen molar-refractivity contribution in [1.82, 2.24) is 4.98 Å². The minimum atomic E-state index is -4.30. The third kappa shape index (κ3) is 4.78. The van der Waals surface area contributed by atoms with Gasteiger partial charge in [-0.1, -0.05) is 16.8 Å². The summed E-state index contributed by atoms with van der Waals surface area (Å²) in [7, 11) is 0. The average molecular weight is 326 g/mol. The van der Waals surface area contributed by atoms with E-state index < -0.39 is 17.9 Å². The number of carbonyl (C=O) groups is 1. The lowest BCUT2D eigenvalue weighted by Gasteiger charge is -2.02. The van der Waals surface area contributed by atoms with Crippen molar-refractivity contribution in [3.8, 4) is 0 Å². The van der Waals surface area contributed by atoms with Crippen LogP contribution < -0.4 is 5.73 Å². The van der Waals surface area contributed by atoms with Crippen LogP contribution >= 0.6 is 11.6 Å². The van der Waals surface area contributed by atoms with Gasteiger partial charge in [-0.2, -0.15) is 13.2 Å². The largest absolute Gasteiger partial charge is 0.476 e. The van der Waals surface area contributed by atoms with Gasteiger partial charge in [0.25, 0.3) is 0 Å². The molecule has 1 aromatic rings. The van der Waals surface area contributed by atoms with E-state index in [2.05, 4.69) is 15.0 Å². The van der Waals surface area contributed by atoms with Gasteiger partial charge in [0.1, 0.15) is 6.61 Å². The molecule has 0 radical (unpaired) electrons. The lowest BCUT2D eigenvalue weighted by molar-refractivity contribution is -0.0604. The predicted octanol–water partition coefficient (Wildman–Crippen LogP) is 2.65. The molecule has 21 heavy (non-hydrogen) atoms. The Balaban J connectivity index is 0.000000219. The van der Waals surface area contributed by atoms with Crippen molar-refractivity contribution in [3.05, 3.63) is 22.5 Å². The van der Waals surface area contributed by atoms with E-state index in [1.165, 1.54) is 6.07 Å². The number of aromatic carboxylic acids is 1. The number of alkyl halides is 3. The molecule has 1 aromatic heterocycles. The first-order valence-corrected chi connectivity index (χ1v) is 5.92. The molecule has 0 atom stereocenters. The smallest absolute Gasteiger partial charge is 0.432 e. The van der Waals surface area contributed by atoms with E-state index >= 15 is 0 Å². The number of carboxylic acids is 1. The number of nitrogens with zero attached hydrogens (tertiary/aromatic N) is 2. The first kappa shape index (κ1) is 17.0. The molecule has 0 unspecified atom stereocenters. The molecular formula is C11H11ClF3N3O3. The van der Waals surface area contributed by atoms with Crippen molar-refractivity contribution in [2.75, 3.05) is 12.3 Å². The molecule has 6 nitrogen and oxygen atoms in total. The number of aromatic nitrogens is 1. The second-order valence-electron chi connectivity index (χ2n) is 3.94. The Labute approximate surface area is 122 Å². The SMILES string of the molecule is Cc1cc(N)c(Cl)c(C(=O)O)n1.FC(F)(F)C1=NOCC1. The third-order valence-electron chi connectivity index (χ3n) is 2.25. The highest BCUT2D eigenvalue weighted by Gasteiger charge is 2.38. The highest BCUT2D eigenvalue weighted by atomic mass is 35.5. The molecule has 2 heterocycles. The first-order chi connectivity index (χ1) is 9.62. The molecular weight excluding hydrogens is 315 g/mol. The van der Waals surface area contributed by atoms with Crippen LogP contribution in [0, 0.1) is 6.92 Å². The lowest BCUT2D eigenvalue weighted by atomic mass is 10.3. The number of hydrogen-bond acceptors (Lipinski definition) is 5. The van der Waals surface area contributed by atoms with Crippen molar-refractivity contribution in [1.29, 1.82) is 0 Å². The normalized spacial score (nSPS) is 13.9. The van der Waals surface area contributed by atoms with Crippen molar-refractivity contribution in [2.24, 2.45) is 5.16 Å². The number of nitrogens with two attached hydrogens (primary N) is 1. The number of aryl methyl sites for hydroxylation is 1. The van der Waals surface area contributed by atoms with Crippen LogP contribution in [-0.2, 0) is 4.84 Å². The maximum Gasteiger partial charge on any atom is 0.432 e. The van der Waals surface area contributed by atoms with Crippen LogP contribution in [0.5, 0.6) is 0 Å². The molecule has 0 saturated heterocycles. The molecule has 0 fully saturated rings. The van der Waals surface area contributed by atoms with Gasteiger partial charge in [-0.05, 0) is 13.0 Å². The number of pyridine rings is 1. The van der Waals surface area contributed by atoms with Gasteiger partial charge in [-0.25, -0.2) is 9.78 Å². The van der Waals surface area contributed by atoms with Gasteiger partial charge in [0.15, 0.2) is 11.4 Å². The van der Waals surface area contributed by atoms with Gasteiger partial charge >= 0.3 is 12.1 Å². The fourth-order valence-electron chi connectivity index (χ4n) is 1.33. The highest BCUT2D eigenvalue weighted by molar-refractivity contribution is 6.35. The summed E-state index contributed by atoms with van der Waals surface area (Å²) in [5.74, 6) is -1.17. The number of anilines is 1. The summed E-state index contributed by atoms with van der Waals surface area (Å²) in [6, 6.07) is 1.52. The first-order valence-electron chi connectivity index (χ1n) is 5.55. The maximum atomic E-state index is 11.5. The minimum absolute atomic E-state index is 0.00639. The molecule has 116 valence electrons. The van der Waals surface area contributed by atoms with Gasteiger partial charge in [0.2, 0.25) is 0 Å². The van der Waals surface area contributed by atoms with Gasteiger partial charge in [0, 0.05) is 12.1 Å². The van der Waals surface area contributed by atoms with E-state index in [9.17, 15) is 18.0 Å². The van der Waals surface area contributed by atoms with Crippen LogP contribution in [-0.4, -0.2) is 34.6 Å². The molecule has 0 spiro atoms. The zero-order valence-corrected chi connectivity index (χ0v) is 11.5. The van der Waals surface area contributed by atoms with Crippen LogP contribution in [0.1, 0.15) is 22.6 Å². The van der Waals surface area contributed by atoms with Gasteiger partial charge in [-0.3, -0.25) is 0 Å². The monoisotopic (exact) mass is 325 g/mol. The predicted molar refractivity (Wildman–Crippen MR) is 69.4 cm³/mol. The lowest BCUT2D eigenvalue weighted by Crippen LogP contribution is -2.20. The fourth-order valence-corrected chi connectivity index (χ4v) is 1.51. The standard InChI is InChI=1S/C7H7ClN2O2.C4H4F3NO/c1-3-2-4(9)5(8)6(10-3)7(11)12;5-4(6,7)3-1-2-9-8-3/h2H,1H3,(H2,9,10)(H,11,12);1-2H2. The minimum Gasteiger partial charge on any atom is -0.476 e. The van der Waals surface area contributed by atoms with E-state index in [1.54, 1.807) is 6.92 Å². The summed E-state index contributed by atoms with van der Waals surface area (Å²) in [6.45, 7) is 1.70. The average Bonchev–Trinajstić information content (AvgIpc) is 2.87. The Kier molecular flexibility index (Phi) is 5.36. The van der Waals surface area contributed by atoms with E-state index in [1.807, 2.05) is 0 Å². The van der Waals surface area contributed by atoms with Crippen LogP contribution in [0.15, 0.2) is 11.2 Å². The second-order valence-corrected chi connectivity index (χ2v) is 4.32. The van der Waals surface area contributed by atoms with Crippen molar-refractivity contribution in [2.45, 2.75) is 19.5 Å².